The molecule has 2 rings (SSSR count). The Kier molecular flexibility index (Phi) is 6.25. The van der Waals surface area contributed by atoms with Gasteiger partial charge in [0.05, 0.1) is 20.3 Å². The van der Waals surface area contributed by atoms with Gasteiger partial charge in [0.15, 0.2) is 0 Å². The molecule has 0 fully saturated rings. The van der Waals surface area contributed by atoms with Crippen LogP contribution in [0.25, 0.3) is 0 Å². The zero-order valence-electron chi connectivity index (χ0n) is 13.7. The van der Waals surface area contributed by atoms with Gasteiger partial charge < -0.3 is 24.7 Å². The molecule has 6 nitrogen and oxygen atoms in total. The summed E-state index contributed by atoms with van der Waals surface area (Å²) >= 11 is 5.85. The molecule has 132 valence electrons. The maximum atomic E-state index is 12.6. The minimum Gasteiger partial charge on any atom is -0.550 e. The van der Waals surface area contributed by atoms with Gasteiger partial charge in [0.2, 0.25) is 0 Å². The highest BCUT2D eigenvalue weighted by Crippen LogP contribution is 2.24. The number of ether oxygens (including phenoxy) is 2. The lowest BCUT2D eigenvalue weighted by Gasteiger charge is -2.20. The van der Waals surface area contributed by atoms with Crippen molar-refractivity contribution in [3.05, 3.63) is 58.6 Å². The smallest absolute Gasteiger partial charge is 0.252 e. The molecule has 0 aliphatic rings. The number of rotatable bonds is 7. The summed E-state index contributed by atoms with van der Waals surface area (Å²) in [6.07, 6.45) is -0.367. The van der Waals surface area contributed by atoms with Crippen molar-refractivity contribution in [1.82, 2.24) is 5.32 Å². The van der Waals surface area contributed by atoms with Crippen LogP contribution in [0.3, 0.4) is 0 Å². The van der Waals surface area contributed by atoms with Crippen LogP contribution in [0.5, 0.6) is 11.5 Å². The molecule has 0 aliphatic heterocycles. The Morgan fingerprint density at radius 1 is 1.08 bits per heavy atom. The lowest BCUT2D eigenvalue weighted by atomic mass is 10.0. The number of carboxylic acids is 1. The van der Waals surface area contributed by atoms with E-state index in [4.69, 9.17) is 21.1 Å². The molecule has 0 saturated carbocycles. The van der Waals surface area contributed by atoms with Gasteiger partial charge in [-0.15, -0.1) is 0 Å². The molecule has 0 radical (unpaired) electrons. The molecule has 0 heterocycles. The average molecular weight is 363 g/mol. The molecular formula is C18H17ClNO5-. The third kappa shape index (κ3) is 5.12. The third-order valence-electron chi connectivity index (χ3n) is 3.56. The van der Waals surface area contributed by atoms with Crippen LogP contribution in [0.15, 0.2) is 42.5 Å². The Bertz CT molecular complexity index is 738. The number of halogens is 1. The molecule has 0 bridgehead atoms. The second-order valence-corrected chi connectivity index (χ2v) is 5.69. The van der Waals surface area contributed by atoms with Crippen LogP contribution in [-0.4, -0.2) is 26.1 Å². The van der Waals surface area contributed by atoms with E-state index in [-0.39, 0.29) is 12.0 Å². The number of carbonyl (C=O) groups is 2. The summed E-state index contributed by atoms with van der Waals surface area (Å²) in [5.74, 6) is -0.832. The molecular weight excluding hydrogens is 346 g/mol. The van der Waals surface area contributed by atoms with Gasteiger partial charge in [-0.05, 0) is 29.8 Å². The summed E-state index contributed by atoms with van der Waals surface area (Å²) in [4.78, 5) is 23.6. The van der Waals surface area contributed by atoms with Crippen molar-refractivity contribution in [1.29, 1.82) is 0 Å². The van der Waals surface area contributed by atoms with Crippen LogP contribution in [0, 0.1) is 0 Å². The molecule has 1 unspecified atom stereocenters. The van der Waals surface area contributed by atoms with Crippen molar-refractivity contribution in [3.63, 3.8) is 0 Å². The maximum Gasteiger partial charge on any atom is 0.252 e. The number of carboxylic acid groups (broad SMARTS) is 1. The first-order chi connectivity index (χ1) is 11.9. The summed E-state index contributed by atoms with van der Waals surface area (Å²) in [5.41, 5.74) is 0.894. The maximum absolute atomic E-state index is 12.6. The van der Waals surface area contributed by atoms with Gasteiger partial charge in [-0.25, -0.2) is 0 Å². The highest BCUT2D eigenvalue weighted by Gasteiger charge is 2.17. The first kappa shape index (κ1) is 18.6. The Morgan fingerprint density at radius 3 is 2.12 bits per heavy atom. The largest absolute Gasteiger partial charge is 0.550 e. The van der Waals surface area contributed by atoms with Crippen LogP contribution in [0.1, 0.15) is 28.4 Å². The monoisotopic (exact) mass is 362 g/mol. The number of nitrogens with one attached hydrogen (secondary N) is 1. The van der Waals surface area contributed by atoms with Crippen LogP contribution < -0.4 is 19.9 Å². The minimum atomic E-state index is -1.27. The van der Waals surface area contributed by atoms with Crippen LogP contribution in [0.4, 0.5) is 0 Å². The Hall–Kier alpha value is -2.73. The average Bonchev–Trinajstić information content (AvgIpc) is 2.60. The van der Waals surface area contributed by atoms with Gasteiger partial charge in [-0.2, -0.15) is 0 Å². The first-order valence-corrected chi connectivity index (χ1v) is 7.80. The lowest BCUT2D eigenvalue weighted by Crippen LogP contribution is -2.34. The van der Waals surface area contributed by atoms with Crippen molar-refractivity contribution in [3.8, 4) is 11.5 Å². The Labute approximate surface area is 150 Å². The molecule has 25 heavy (non-hydrogen) atoms. The van der Waals surface area contributed by atoms with Crippen molar-refractivity contribution in [2.24, 2.45) is 0 Å². The first-order valence-electron chi connectivity index (χ1n) is 7.42. The fraction of sp³-hybridized carbons (Fsp3) is 0.222. The van der Waals surface area contributed by atoms with E-state index in [2.05, 4.69) is 5.32 Å². The quantitative estimate of drug-likeness (QED) is 0.813. The molecule has 7 heteroatoms. The van der Waals surface area contributed by atoms with E-state index in [1.54, 1.807) is 30.3 Å². The Morgan fingerprint density at radius 2 is 1.64 bits per heavy atom. The number of aliphatic carboxylic acids is 1. The Balaban J connectivity index is 2.27. The molecule has 1 N–H and O–H groups in total. The fourth-order valence-electron chi connectivity index (χ4n) is 2.29. The van der Waals surface area contributed by atoms with Gasteiger partial charge >= 0.3 is 0 Å². The van der Waals surface area contributed by atoms with Crippen molar-refractivity contribution >= 4 is 23.5 Å². The zero-order chi connectivity index (χ0) is 18.4. The number of carbonyl (C=O) groups excluding carboxylic acids is 2. The molecule has 2 aromatic carbocycles. The SMILES string of the molecule is COc1cc(OC)cc(C(=O)NC(CC(=O)[O-])c2ccc(Cl)cc2)c1. The van der Waals surface area contributed by atoms with E-state index in [0.717, 1.165) is 0 Å². The van der Waals surface area contributed by atoms with Crippen LogP contribution >= 0.6 is 11.6 Å². The van der Waals surface area contributed by atoms with Gasteiger partial charge in [-0.1, -0.05) is 23.7 Å². The second-order valence-electron chi connectivity index (χ2n) is 5.26. The zero-order valence-corrected chi connectivity index (χ0v) is 14.5. The number of benzene rings is 2. The standard InChI is InChI=1S/C18H18ClNO5/c1-24-14-7-12(8-15(9-14)25-2)18(23)20-16(10-17(21)22)11-3-5-13(19)6-4-11/h3-9,16H,10H2,1-2H3,(H,20,23)(H,21,22)/p-1. The predicted molar refractivity (Wildman–Crippen MR) is 90.8 cm³/mol. The minimum absolute atomic E-state index is 0.286. The van der Waals surface area contributed by atoms with Crippen molar-refractivity contribution in [2.75, 3.05) is 14.2 Å². The third-order valence-corrected chi connectivity index (χ3v) is 3.81. The summed E-state index contributed by atoms with van der Waals surface area (Å²) < 4.78 is 10.3. The number of hydrogen-bond donors (Lipinski definition) is 1. The summed E-state index contributed by atoms with van der Waals surface area (Å²) in [6.45, 7) is 0. The predicted octanol–water partition coefficient (Wildman–Crippen LogP) is 1.97. The summed E-state index contributed by atoms with van der Waals surface area (Å²) in [6, 6.07) is 10.5. The fourth-order valence-corrected chi connectivity index (χ4v) is 2.42. The topological polar surface area (TPSA) is 87.7 Å². The second kappa shape index (κ2) is 8.39. The van der Waals surface area contributed by atoms with Gasteiger partial charge in [0, 0.05) is 29.0 Å². The highest BCUT2D eigenvalue weighted by molar-refractivity contribution is 6.30. The summed E-state index contributed by atoms with van der Waals surface area (Å²) in [7, 11) is 2.95. The molecule has 1 atom stereocenters. The van der Waals surface area contributed by atoms with Gasteiger partial charge in [0.25, 0.3) is 5.91 Å². The molecule has 0 spiro atoms. The van der Waals surface area contributed by atoms with E-state index >= 15 is 0 Å². The molecule has 2 aromatic rings. The van der Waals surface area contributed by atoms with Crippen LogP contribution in [-0.2, 0) is 4.79 Å². The van der Waals surface area contributed by atoms with E-state index in [1.165, 1.54) is 26.4 Å². The number of hydrogen-bond acceptors (Lipinski definition) is 5. The molecule has 0 aromatic heterocycles. The molecule has 1 amide bonds. The molecule has 0 aliphatic carbocycles. The highest BCUT2D eigenvalue weighted by atomic mass is 35.5. The van der Waals surface area contributed by atoms with E-state index < -0.39 is 17.9 Å². The van der Waals surface area contributed by atoms with Gasteiger partial charge in [0.1, 0.15) is 11.5 Å². The number of amides is 1. The van der Waals surface area contributed by atoms with Crippen LogP contribution in [0.2, 0.25) is 5.02 Å². The normalized spacial score (nSPS) is 11.5. The van der Waals surface area contributed by atoms with Gasteiger partial charge in [-0.3, -0.25) is 4.79 Å². The van der Waals surface area contributed by atoms with Crippen molar-refractivity contribution < 1.29 is 24.2 Å². The van der Waals surface area contributed by atoms with E-state index in [1.807, 2.05) is 0 Å². The number of methoxy groups -OCH3 is 2. The van der Waals surface area contributed by atoms with Crippen molar-refractivity contribution in [2.45, 2.75) is 12.5 Å². The van der Waals surface area contributed by atoms with E-state index in [0.29, 0.717) is 22.1 Å². The molecule has 0 saturated heterocycles. The van der Waals surface area contributed by atoms with E-state index in [9.17, 15) is 14.7 Å². The summed E-state index contributed by atoms with van der Waals surface area (Å²) in [5, 5.41) is 14.2. The lowest BCUT2D eigenvalue weighted by molar-refractivity contribution is -0.306.